The summed E-state index contributed by atoms with van der Waals surface area (Å²) in [6, 6.07) is 4.19. The Hall–Kier alpha value is -2.12. The van der Waals surface area contributed by atoms with Gasteiger partial charge < -0.3 is 20.0 Å². The monoisotopic (exact) mass is 264 g/mol. The maximum atomic E-state index is 11.3. The van der Waals surface area contributed by atoms with E-state index in [-0.39, 0.29) is 13.2 Å². The molecule has 19 heavy (non-hydrogen) atoms. The highest BCUT2D eigenvalue weighted by molar-refractivity contribution is 5.78. The Labute approximate surface area is 107 Å². The number of hydrogen-bond donors (Lipinski definition) is 3. The predicted octanol–water partition coefficient (Wildman–Crippen LogP) is 0.222. The summed E-state index contributed by atoms with van der Waals surface area (Å²) in [5.41, 5.74) is 6.45. The molecule has 1 aromatic heterocycles. The van der Waals surface area contributed by atoms with Gasteiger partial charge in [0, 0.05) is 0 Å². The van der Waals surface area contributed by atoms with E-state index in [1.807, 2.05) is 0 Å². The molecule has 0 spiro atoms. The van der Waals surface area contributed by atoms with Gasteiger partial charge >= 0.3 is 11.7 Å². The summed E-state index contributed by atoms with van der Waals surface area (Å²) in [6.07, 6.45) is 0. The summed E-state index contributed by atoms with van der Waals surface area (Å²) in [5.74, 6) is -1.54. The molecule has 1 saturated heterocycles. The molecule has 1 unspecified atom stereocenters. The summed E-state index contributed by atoms with van der Waals surface area (Å²) < 4.78 is 9.93. The van der Waals surface area contributed by atoms with Gasteiger partial charge in [-0.3, -0.25) is 9.78 Å². The first-order valence-electron chi connectivity index (χ1n) is 5.72. The highest BCUT2D eigenvalue weighted by atomic mass is 16.5. The standard InChI is InChI=1S/C12H12N2O5/c13-9(12(10(15)16)4-18-5-12)6-1-2-7-8(3-6)19-11(17)14-7/h1-3,9H,4-5,13H2,(H,14,17)(H,15,16). The lowest BCUT2D eigenvalue weighted by Crippen LogP contribution is -2.55. The van der Waals surface area contributed by atoms with E-state index in [0.717, 1.165) is 0 Å². The fourth-order valence-electron chi connectivity index (χ4n) is 2.23. The molecule has 1 atom stereocenters. The molecule has 7 nitrogen and oxygen atoms in total. The summed E-state index contributed by atoms with van der Waals surface area (Å²) in [6.45, 7) is 0.164. The number of nitrogens with two attached hydrogens (primary N) is 1. The fourth-order valence-corrected chi connectivity index (χ4v) is 2.23. The second-order valence-corrected chi connectivity index (χ2v) is 4.70. The van der Waals surface area contributed by atoms with Crippen molar-refractivity contribution in [3.63, 3.8) is 0 Å². The van der Waals surface area contributed by atoms with Gasteiger partial charge in [-0.25, -0.2) is 4.79 Å². The first-order chi connectivity index (χ1) is 9.03. The van der Waals surface area contributed by atoms with E-state index in [0.29, 0.717) is 16.7 Å². The molecule has 4 N–H and O–H groups in total. The first kappa shape index (κ1) is 11.9. The van der Waals surface area contributed by atoms with Crippen molar-refractivity contribution >= 4 is 17.1 Å². The Morgan fingerprint density at radius 2 is 2.21 bits per heavy atom. The Morgan fingerprint density at radius 3 is 2.79 bits per heavy atom. The molecule has 1 aromatic carbocycles. The predicted molar refractivity (Wildman–Crippen MR) is 64.7 cm³/mol. The Kier molecular flexibility index (Phi) is 2.48. The van der Waals surface area contributed by atoms with E-state index < -0.39 is 23.2 Å². The molecule has 7 heteroatoms. The molecule has 0 radical (unpaired) electrons. The number of carboxylic acids is 1. The van der Waals surface area contributed by atoms with Gasteiger partial charge in [0.05, 0.1) is 24.8 Å². The Bertz CT molecular complexity index is 697. The van der Waals surface area contributed by atoms with Crippen LogP contribution in [-0.2, 0) is 9.53 Å². The van der Waals surface area contributed by atoms with E-state index in [4.69, 9.17) is 14.9 Å². The minimum Gasteiger partial charge on any atom is -0.481 e. The zero-order valence-corrected chi connectivity index (χ0v) is 9.88. The lowest BCUT2D eigenvalue weighted by atomic mass is 9.75. The smallest absolute Gasteiger partial charge is 0.417 e. The van der Waals surface area contributed by atoms with Crippen LogP contribution < -0.4 is 11.5 Å². The van der Waals surface area contributed by atoms with Gasteiger partial charge in [0.1, 0.15) is 5.41 Å². The van der Waals surface area contributed by atoms with Gasteiger partial charge in [-0.05, 0) is 17.7 Å². The van der Waals surface area contributed by atoms with Gasteiger partial charge in [0.25, 0.3) is 0 Å². The van der Waals surface area contributed by atoms with E-state index >= 15 is 0 Å². The van der Waals surface area contributed by atoms with Crippen molar-refractivity contribution in [2.75, 3.05) is 13.2 Å². The van der Waals surface area contributed by atoms with Crippen LogP contribution in [0.4, 0.5) is 0 Å². The number of carbonyl (C=O) groups is 1. The minimum absolute atomic E-state index is 0.0820. The first-order valence-corrected chi connectivity index (χ1v) is 5.72. The molecule has 2 heterocycles. The van der Waals surface area contributed by atoms with Gasteiger partial charge in [-0.2, -0.15) is 0 Å². The summed E-state index contributed by atoms with van der Waals surface area (Å²) in [7, 11) is 0. The normalized spacial score (nSPS) is 19.0. The third-order valence-electron chi connectivity index (χ3n) is 3.54. The SMILES string of the molecule is NC(c1ccc2[nH]c(=O)oc2c1)C1(C(=O)O)COC1. The number of rotatable bonds is 3. The van der Waals surface area contributed by atoms with Crippen LogP contribution in [0.1, 0.15) is 11.6 Å². The number of nitrogens with one attached hydrogen (secondary N) is 1. The average Bonchev–Trinajstić information content (AvgIpc) is 2.65. The van der Waals surface area contributed by atoms with Crippen LogP contribution in [0, 0.1) is 5.41 Å². The number of fused-ring (bicyclic) bond motifs is 1. The lowest BCUT2D eigenvalue weighted by Gasteiger charge is -2.41. The van der Waals surface area contributed by atoms with Crippen molar-refractivity contribution in [1.29, 1.82) is 0 Å². The number of benzene rings is 1. The molecule has 1 aliphatic rings. The molecular weight excluding hydrogens is 252 g/mol. The molecule has 0 amide bonds. The number of carboxylic acid groups (broad SMARTS) is 1. The average molecular weight is 264 g/mol. The Morgan fingerprint density at radius 1 is 1.47 bits per heavy atom. The van der Waals surface area contributed by atoms with Crippen molar-refractivity contribution in [3.05, 3.63) is 34.3 Å². The minimum atomic E-state index is -1.11. The maximum Gasteiger partial charge on any atom is 0.417 e. The fraction of sp³-hybridized carbons (Fsp3) is 0.333. The second-order valence-electron chi connectivity index (χ2n) is 4.70. The second kappa shape index (κ2) is 3.94. The highest BCUT2D eigenvalue weighted by Crippen LogP contribution is 2.39. The van der Waals surface area contributed by atoms with Crippen molar-refractivity contribution in [2.24, 2.45) is 11.1 Å². The van der Waals surface area contributed by atoms with Crippen LogP contribution >= 0.6 is 0 Å². The zero-order chi connectivity index (χ0) is 13.6. The van der Waals surface area contributed by atoms with Crippen LogP contribution in [0.15, 0.2) is 27.4 Å². The van der Waals surface area contributed by atoms with Crippen molar-refractivity contribution in [1.82, 2.24) is 4.98 Å². The van der Waals surface area contributed by atoms with Crippen molar-refractivity contribution in [3.8, 4) is 0 Å². The number of H-pyrrole nitrogens is 1. The van der Waals surface area contributed by atoms with Crippen LogP contribution in [0.2, 0.25) is 0 Å². The zero-order valence-electron chi connectivity index (χ0n) is 9.88. The topological polar surface area (TPSA) is 119 Å². The summed E-state index contributed by atoms with van der Waals surface area (Å²) in [5, 5.41) is 9.29. The van der Waals surface area contributed by atoms with E-state index in [2.05, 4.69) is 4.98 Å². The lowest BCUT2D eigenvalue weighted by molar-refractivity contribution is -0.184. The van der Waals surface area contributed by atoms with Gasteiger partial charge in [-0.1, -0.05) is 6.07 Å². The molecule has 3 rings (SSSR count). The van der Waals surface area contributed by atoms with Crippen molar-refractivity contribution in [2.45, 2.75) is 6.04 Å². The maximum absolute atomic E-state index is 11.3. The van der Waals surface area contributed by atoms with Crippen LogP contribution in [0.5, 0.6) is 0 Å². The summed E-state index contributed by atoms with van der Waals surface area (Å²) >= 11 is 0. The molecule has 0 aliphatic carbocycles. The molecule has 1 aliphatic heterocycles. The highest BCUT2D eigenvalue weighted by Gasteiger charge is 2.51. The van der Waals surface area contributed by atoms with Gasteiger partial charge in [-0.15, -0.1) is 0 Å². The summed E-state index contributed by atoms with van der Waals surface area (Å²) in [4.78, 5) is 24.9. The van der Waals surface area contributed by atoms with E-state index in [1.54, 1.807) is 18.2 Å². The van der Waals surface area contributed by atoms with E-state index in [9.17, 15) is 14.7 Å². The van der Waals surface area contributed by atoms with E-state index in [1.165, 1.54) is 0 Å². The van der Waals surface area contributed by atoms with Crippen molar-refractivity contribution < 1.29 is 19.1 Å². The Balaban J connectivity index is 2.03. The largest absolute Gasteiger partial charge is 0.481 e. The van der Waals surface area contributed by atoms with Crippen LogP contribution in [0.25, 0.3) is 11.1 Å². The van der Waals surface area contributed by atoms with Crippen LogP contribution in [-0.4, -0.2) is 29.3 Å². The number of ether oxygens (including phenoxy) is 1. The molecule has 0 bridgehead atoms. The third-order valence-corrected chi connectivity index (χ3v) is 3.54. The molecule has 100 valence electrons. The quantitative estimate of drug-likeness (QED) is 0.729. The number of oxazole rings is 1. The molecule has 2 aromatic rings. The molecule has 1 fully saturated rings. The number of aromatic amines is 1. The number of aliphatic carboxylic acids is 1. The van der Waals surface area contributed by atoms with Gasteiger partial charge in [0.2, 0.25) is 0 Å². The molecule has 0 saturated carbocycles. The third kappa shape index (κ3) is 1.66. The number of hydrogen-bond acceptors (Lipinski definition) is 5. The number of aromatic nitrogens is 1. The van der Waals surface area contributed by atoms with Crippen LogP contribution in [0.3, 0.4) is 0 Å². The van der Waals surface area contributed by atoms with Gasteiger partial charge in [0.15, 0.2) is 5.58 Å². The molecular formula is C12H12N2O5.